The molecule has 0 unspecified atom stereocenters. The largest absolute Gasteiger partial charge is 0.243 e. The Bertz CT molecular complexity index is 3090. The van der Waals surface area contributed by atoms with Gasteiger partial charge in [0.2, 0.25) is 0 Å². The summed E-state index contributed by atoms with van der Waals surface area (Å²) in [4.78, 5) is 18.5. The Morgan fingerprint density at radius 3 is 0.909 bits per heavy atom. The molecule has 0 saturated carbocycles. The van der Waals surface area contributed by atoms with Crippen LogP contribution in [0.5, 0.6) is 0 Å². The molecule has 8 nitrogen and oxygen atoms in total. The van der Waals surface area contributed by atoms with Crippen LogP contribution in [0.4, 0.5) is 30.7 Å². The van der Waals surface area contributed by atoms with Crippen LogP contribution in [-0.4, -0.2) is 19.9 Å². The van der Waals surface area contributed by atoms with Crippen LogP contribution < -0.4 is 10.4 Å². The maximum absolute atomic E-state index is 14.7. The second kappa shape index (κ2) is 13.8. The first-order valence-electron chi connectivity index (χ1n) is 15.5. The number of benzene rings is 5. The second-order valence-corrected chi connectivity index (χ2v) is 11.6. The molecule has 15 heteroatoms. The molecule has 0 aliphatic heterocycles. The lowest BCUT2D eigenvalue weighted by Gasteiger charge is -2.15. The molecule has 7 rings (SSSR count). The summed E-state index contributed by atoms with van der Waals surface area (Å²) in [5.41, 5.74) is -4.05. The molecule has 5 aromatic carbocycles. The van der Waals surface area contributed by atoms with Crippen molar-refractivity contribution in [2.45, 2.75) is 0 Å². The fourth-order valence-corrected chi connectivity index (χ4v) is 5.88. The number of nitrogens with zero attached hydrogens (tertiary/aromatic N) is 8. The van der Waals surface area contributed by atoms with E-state index in [1.54, 1.807) is 24.3 Å². The molecule has 262 valence electrons. The first kappa shape index (κ1) is 35.4. The minimum Gasteiger partial charge on any atom is -0.243 e. The van der Waals surface area contributed by atoms with Crippen molar-refractivity contribution in [3.05, 3.63) is 130 Å². The number of aromatic nitrogens is 4. The number of nitriles is 4. The third-order valence-corrected chi connectivity index (χ3v) is 8.38. The Morgan fingerprint density at radius 1 is 0.364 bits per heavy atom. The zero-order chi connectivity index (χ0) is 39.1. The number of fused-ring (bicyclic) bond motifs is 2. The highest BCUT2D eigenvalue weighted by Crippen LogP contribution is 2.34. The minimum atomic E-state index is -1.34. The van der Waals surface area contributed by atoms with Crippen LogP contribution in [-0.2, 0) is 0 Å². The topological polar surface area (TPSA) is 147 Å². The van der Waals surface area contributed by atoms with Gasteiger partial charge in [0.1, 0.15) is 63.3 Å². The van der Waals surface area contributed by atoms with Gasteiger partial charge in [-0.15, -0.1) is 0 Å². The predicted octanol–water partition coefficient (Wildman–Crippen LogP) is 7.61. The summed E-state index contributed by atoms with van der Waals surface area (Å²) in [5.74, 6) is -8.31. The molecule has 0 aliphatic carbocycles. The molecule has 0 spiro atoms. The molecule has 0 fully saturated rings. The van der Waals surface area contributed by atoms with Crippen LogP contribution in [0.15, 0.2) is 78.9 Å². The Labute approximate surface area is 303 Å². The van der Waals surface area contributed by atoms with Gasteiger partial charge in [-0.3, -0.25) is 0 Å². The van der Waals surface area contributed by atoms with E-state index >= 15 is 0 Å². The Balaban J connectivity index is 1.81. The van der Waals surface area contributed by atoms with Crippen LogP contribution in [0, 0.1) is 86.0 Å². The van der Waals surface area contributed by atoms with Crippen molar-refractivity contribution in [1.29, 1.82) is 21.0 Å². The molecule has 55 heavy (non-hydrogen) atoms. The lowest BCUT2D eigenvalue weighted by Crippen LogP contribution is -2.24. The lowest BCUT2D eigenvalue weighted by atomic mass is 9.99. The van der Waals surface area contributed by atoms with Gasteiger partial charge in [0.25, 0.3) is 0 Å². The summed E-state index contributed by atoms with van der Waals surface area (Å²) < 4.78 is 101. The van der Waals surface area contributed by atoms with E-state index in [1.807, 2.05) is 0 Å². The highest BCUT2D eigenvalue weighted by Gasteiger charge is 2.25. The first-order valence-corrected chi connectivity index (χ1v) is 15.5. The van der Waals surface area contributed by atoms with Crippen molar-refractivity contribution in [2.24, 2.45) is 0 Å². The van der Waals surface area contributed by atoms with Gasteiger partial charge >= 0.3 is 0 Å². The lowest BCUT2D eigenvalue weighted by molar-refractivity contribution is 0.509. The summed E-state index contributed by atoms with van der Waals surface area (Å²) in [6.07, 6.45) is 0. The van der Waals surface area contributed by atoms with E-state index in [9.17, 15) is 51.8 Å². The van der Waals surface area contributed by atoms with Gasteiger partial charge in [-0.2, -0.15) is 21.0 Å². The molecule has 0 radical (unpaired) electrons. The van der Waals surface area contributed by atoms with E-state index in [-0.39, 0.29) is 61.3 Å². The van der Waals surface area contributed by atoms with Crippen molar-refractivity contribution in [3.8, 4) is 69.3 Å². The van der Waals surface area contributed by atoms with Gasteiger partial charge in [-0.05, 0) is 78.9 Å². The monoisotopic (exact) mass is 738 g/mol. The molecule has 0 bridgehead atoms. The Kier molecular flexibility index (Phi) is 8.91. The van der Waals surface area contributed by atoms with Gasteiger partial charge in [-0.1, -0.05) is 0 Å². The average molecular weight is 739 g/mol. The molecule has 0 aliphatic rings. The summed E-state index contributed by atoms with van der Waals surface area (Å²) in [6, 6.07) is 19.5. The number of rotatable bonds is 4. The Morgan fingerprint density at radius 2 is 0.636 bits per heavy atom. The van der Waals surface area contributed by atoms with Crippen LogP contribution in [0.3, 0.4) is 0 Å². The van der Waals surface area contributed by atoms with E-state index in [4.69, 9.17) is 0 Å². The molecule has 7 aromatic rings. The average Bonchev–Trinajstić information content (AvgIpc) is 3.19. The fraction of sp³-hybridized carbons (Fsp3) is 0. The van der Waals surface area contributed by atoms with E-state index < -0.39 is 68.1 Å². The second-order valence-electron chi connectivity index (χ2n) is 11.6. The molecular formula is C40H13F7N8. The smallest absolute Gasteiger partial charge is 0.159 e. The van der Waals surface area contributed by atoms with Gasteiger partial charge < -0.3 is 0 Å². The standard InChI is InChI=1S/C40H13F7N8/c41-24-6-1-18(2-7-24)33-34(19-3-8-25(42)28(45)11-19)53-38-32(23(16-50)17-51)40-39(31(37(38)52-33)22(14-48)15-49)54-35(20-4-9-26(43)29(46)12-20)36(55-40)21-5-10-27(44)30(47)13-21/h1-13H. The zero-order valence-corrected chi connectivity index (χ0v) is 27.2. The van der Waals surface area contributed by atoms with Crippen molar-refractivity contribution >= 4 is 33.2 Å². The van der Waals surface area contributed by atoms with Crippen molar-refractivity contribution < 1.29 is 30.7 Å². The number of hydrogen-bond acceptors (Lipinski definition) is 8. The predicted molar refractivity (Wildman–Crippen MR) is 183 cm³/mol. The van der Waals surface area contributed by atoms with Gasteiger partial charge in [0.15, 0.2) is 34.9 Å². The van der Waals surface area contributed by atoms with E-state index in [0.717, 1.165) is 66.7 Å². The van der Waals surface area contributed by atoms with E-state index in [2.05, 4.69) is 19.9 Å². The van der Waals surface area contributed by atoms with Crippen LogP contribution in [0.25, 0.3) is 78.2 Å². The molecule has 0 amide bonds. The maximum Gasteiger partial charge on any atom is 0.159 e. The molecule has 0 atom stereocenters. The number of halogens is 7. The highest BCUT2D eigenvalue weighted by molar-refractivity contribution is 6.03. The molecule has 2 heterocycles. The summed E-state index contributed by atoms with van der Waals surface area (Å²) in [5, 5.41) is 40.1. The van der Waals surface area contributed by atoms with Crippen molar-refractivity contribution in [1.82, 2.24) is 19.9 Å². The third kappa shape index (κ3) is 6.08. The van der Waals surface area contributed by atoms with E-state index in [1.165, 1.54) is 12.1 Å². The maximum atomic E-state index is 14.7. The minimum absolute atomic E-state index is 0.0808. The van der Waals surface area contributed by atoms with Gasteiger partial charge in [0, 0.05) is 22.3 Å². The normalized spacial score (nSPS) is 10.7. The third-order valence-electron chi connectivity index (χ3n) is 8.38. The van der Waals surface area contributed by atoms with Crippen molar-refractivity contribution in [3.63, 3.8) is 0 Å². The molecule has 0 N–H and O–H groups in total. The zero-order valence-electron chi connectivity index (χ0n) is 27.2. The molecule has 2 aromatic heterocycles. The first-order chi connectivity index (χ1) is 26.5. The van der Waals surface area contributed by atoms with Crippen LogP contribution in [0.2, 0.25) is 0 Å². The van der Waals surface area contributed by atoms with Gasteiger partial charge in [0.05, 0.1) is 33.2 Å². The molecular weight excluding hydrogens is 725 g/mol. The SMILES string of the molecule is N#CC(C#N)=c1c2nc(-c3ccc(F)cc3)c(-c3ccc(F)c(F)c3)nc2c(=C(C#N)C#N)c2nc(-c3ccc(F)c(F)c3)c(-c3ccc(F)c(F)c3)nc12. The van der Waals surface area contributed by atoms with Crippen LogP contribution in [0.1, 0.15) is 0 Å². The highest BCUT2D eigenvalue weighted by atomic mass is 19.2. The van der Waals surface area contributed by atoms with E-state index in [0.29, 0.717) is 0 Å². The summed E-state index contributed by atoms with van der Waals surface area (Å²) in [7, 11) is 0. The summed E-state index contributed by atoms with van der Waals surface area (Å²) in [6.45, 7) is 0. The number of hydrogen-bond donors (Lipinski definition) is 0. The van der Waals surface area contributed by atoms with Crippen LogP contribution >= 0.6 is 0 Å². The quantitative estimate of drug-likeness (QED) is 0.132. The van der Waals surface area contributed by atoms with Crippen molar-refractivity contribution in [2.75, 3.05) is 0 Å². The Hall–Kier alpha value is -8.01. The molecule has 0 saturated heterocycles. The summed E-state index contributed by atoms with van der Waals surface area (Å²) >= 11 is 0. The van der Waals surface area contributed by atoms with Gasteiger partial charge in [-0.25, -0.2) is 50.7 Å². The fourth-order valence-electron chi connectivity index (χ4n) is 5.88.